The number of halogens is 1. The van der Waals surface area contributed by atoms with E-state index in [1.807, 2.05) is 25.2 Å². The predicted molar refractivity (Wildman–Crippen MR) is 74.5 cm³/mol. The summed E-state index contributed by atoms with van der Waals surface area (Å²) in [6, 6.07) is 4.41. The third-order valence-electron chi connectivity index (χ3n) is 3.16. The van der Waals surface area contributed by atoms with Gasteiger partial charge >= 0.3 is 0 Å². The van der Waals surface area contributed by atoms with Crippen molar-refractivity contribution in [2.75, 3.05) is 0 Å². The molecule has 3 heteroatoms. The summed E-state index contributed by atoms with van der Waals surface area (Å²) in [6.45, 7) is 1.87. The van der Waals surface area contributed by atoms with E-state index in [-0.39, 0.29) is 11.9 Å². The Morgan fingerprint density at radius 1 is 1.42 bits per heavy atom. The average Bonchev–Trinajstić information content (AvgIpc) is 2.58. The van der Waals surface area contributed by atoms with E-state index < -0.39 is 6.10 Å². The van der Waals surface area contributed by atoms with E-state index in [9.17, 15) is 9.50 Å². The van der Waals surface area contributed by atoms with E-state index in [1.54, 1.807) is 12.1 Å². The minimum atomic E-state index is -0.512. The number of aliphatic hydroxyl groups is 1. The standard InChI is InChI=1S/C16H19FO2/c1-2-6-12-11-13(17)9-10-15(12)19-16-8-5-3-4-7-14(16)18/h2,5-6,8-11,14,16,18H,3-4,7H2,1H3/b6-2-/t14-,16?/m1/s1. The van der Waals surface area contributed by atoms with Crippen LogP contribution in [0.4, 0.5) is 4.39 Å². The molecule has 2 atom stereocenters. The first kappa shape index (κ1) is 13.8. The minimum absolute atomic E-state index is 0.294. The number of aliphatic hydroxyl groups excluding tert-OH is 1. The van der Waals surface area contributed by atoms with Gasteiger partial charge in [0.05, 0.1) is 6.10 Å². The molecule has 102 valence electrons. The SMILES string of the molecule is C/C=C\c1cc(F)ccc1OC1C=CCCC[C@H]1O. The first-order valence-corrected chi connectivity index (χ1v) is 6.64. The van der Waals surface area contributed by atoms with Crippen LogP contribution in [0.3, 0.4) is 0 Å². The van der Waals surface area contributed by atoms with Crippen LogP contribution >= 0.6 is 0 Å². The van der Waals surface area contributed by atoms with Crippen LogP contribution in [0.2, 0.25) is 0 Å². The molecule has 1 aliphatic rings. The van der Waals surface area contributed by atoms with Crippen LogP contribution in [0, 0.1) is 5.82 Å². The fourth-order valence-electron chi connectivity index (χ4n) is 2.17. The molecule has 0 radical (unpaired) electrons. The van der Waals surface area contributed by atoms with Gasteiger partial charge in [-0.15, -0.1) is 0 Å². The van der Waals surface area contributed by atoms with Gasteiger partial charge in [-0.2, -0.15) is 0 Å². The molecule has 1 N–H and O–H groups in total. The highest BCUT2D eigenvalue weighted by Gasteiger charge is 2.20. The first-order chi connectivity index (χ1) is 9.20. The van der Waals surface area contributed by atoms with Crippen molar-refractivity contribution in [3.63, 3.8) is 0 Å². The highest BCUT2D eigenvalue weighted by molar-refractivity contribution is 5.57. The molecule has 2 nitrogen and oxygen atoms in total. The topological polar surface area (TPSA) is 29.5 Å². The molecule has 1 aromatic rings. The molecule has 1 aliphatic carbocycles. The van der Waals surface area contributed by atoms with Gasteiger partial charge in [-0.1, -0.05) is 18.2 Å². The molecule has 0 bridgehead atoms. The monoisotopic (exact) mass is 262 g/mol. The molecular formula is C16H19FO2. The van der Waals surface area contributed by atoms with Crippen molar-refractivity contribution in [1.82, 2.24) is 0 Å². The number of benzene rings is 1. The van der Waals surface area contributed by atoms with Crippen LogP contribution in [0.1, 0.15) is 31.7 Å². The summed E-state index contributed by atoms with van der Waals surface area (Å²) in [4.78, 5) is 0. The molecule has 1 unspecified atom stereocenters. The summed E-state index contributed by atoms with van der Waals surface area (Å²) < 4.78 is 19.1. The third-order valence-corrected chi connectivity index (χ3v) is 3.16. The highest BCUT2D eigenvalue weighted by atomic mass is 19.1. The second kappa shape index (κ2) is 6.53. The Balaban J connectivity index is 2.22. The van der Waals surface area contributed by atoms with E-state index in [1.165, 1.54) is 12.1 Å². The Hall–Kier alpha value is -1.61. The molecule has 0 aliphatic heterocycles. The zero-order valence-electron chi connectivity index (χ0n) is 11.1. The lowest BCUT2D eigenvalue weighted by Crippen LogP contribution is -2.29. The van der Waals surface area contributed by atoms with Crippen LogP contribution < -0.4 is 4.74 Å². The van der Waals surface area contributed by atoms with E-state index in [2.05, 4.69) is 0 Å². The van der Waals surface area contributed by atoms with Gasteiger partial charge in [0, 0.05) is 5.56 Å². The molecule has 0 heterocycles. The lowest BCUT2D eigenvalue weighted by Gasteiger charge is -2.21. The summed E-state index contributed by atoms with van der Waals surface area (Å²) in [6.07, 6.45) is 9.31. The summed E-state index contributed by atoms with van der Waals surface area (Å²) in [5.41, 5.74) is 0.687. The molecule has 0 saturated heterocycles. The van der Waals surface area contributed by atoms with E-state index in [0.29, 0.717) is 11.3 Å². The molecule has 0 saturated carbocycles. The zero-order chi connectivity index (χ0) is 13.7. The summed E-state index contributed by atoms with van der Waals surface area (Å²) in [5, 5.41) is 10.0. The molecule has 2 rings (SSSR count). The van der Waals surface area contributed by atoms with Gasteiger partial charge in [-0.3, -0.25) is 0 Å². The molecule has 0 fully saturated rings. The highest BCUT2D eigenvalue weighted by Crippen LogP contribution is 2.25. The maximum absolute atomic E-state index is 13.2. The third kappa shape index (κ3) is 3.67. The van der Waals surface area contributed by atoms with E-state index in [4.69, 9.17) is 4.74 Å². The Morgan fingerprint density at radius 3 is 3.05 bits per heavy atom. The maximum atomic E-state index is 13.2. The van der Waals surface area contributed by atoms with Crippen molar-refractivity contribution in [1.29, 1.82) is 0 Å². The molecule has 19 heavy (non-hydrogen) atoms. The smallest absolute Gasteiger partial charge is 0.143 e. The second-order valence-electron chi connectivity index (χ2n) is 4.69. The van der Waals surface area contributed by atoms with Crippen LogP contribution in [-0.4, -0.2) is 17.3 Å². The van der Waals surface area contributed by atoms with E-state index >= 15 is 0 Å². The van der Waals surface area contributed by atoms with Crippen molar-refractivity contribution in [3.05, 3.63) is 47.8 Å². The fourth-order valence-corrected chi connectivity index (χ4v) is 2.17. The summed E-state index contributed by atoms with van der Waals surface area (Å²) >= 11 is 0. The minimum Gasteiger partial charge on any atom is -0.483 e. The van der Waals surface area contributed by atoms with E-state index in [0.717, 1.165) is 19.3 Å². The van der Waals surface area contributed by atoms with Crippen LogP contribution in [-0.2, 0) is 0 Å². The Labute approximate surface area is 113 Å². The normalized spacial score (nSPS) is 23.5. The van der Waals surface area contributed by atoms with Crippen molar-refractivity contribution >= 4 is 6.08 Å². The lowest BCUT2D eigenvalue weighted by atomic mass is 10.1. The van der Waals surface area contributed by atoms with Gasteiger partial charge in [0.15, 0.2) is 0 Å². The van der Waals surface area contributed by atoms with Crippen molar-refractivity contribution in [2.24, 2.45) is 0 Å². The van der Waals surface area contributed by atoms with Gasteiger partial charge in [-0.05, 0) is 50.5 Å². The van der Waals surface area contributed by atoms with Crippen molar-refractivity contribution < 1.29 is 14.2 Å². The number of ether oxygens (including phenoxy) is 1. The first-order valence-electron chi connectivity index (χ1n) is 6.64. The van der Waals surface area contributed by atoms with Gasteiger partial charge < -0.3 is 9.84 Å². The number of allylic oxidation sites excluding steroid dienone is 2. The average molecular weight is 262 g/mol. The summed E-state index contributed by atoms with van der Waals surface area (Å²) in [7, 11) is 0. The van der Waals surface area contributed by atoms with Crippen molar-refractivity contribution in [2.45, 2.75) is 38.4 Å². The van der Waals surface area contributed by atoms with Crippen LogP contribution in [0.15, 0.2) is 36.4 Å². The van der Waals surface area contributed by atoms with Gasteiger partial charge in [0.2, 0.25) is 0 Å². The van der Waals surface area contributed by atoms with Crippen LogP contribution in [0.5, 0.6) is 5.75 Å². The number of hydrogen-bond acceptors (Lipinski definition) is 2. The number of hydrogen-bond donors (Lipinski definition) is 1. The second-order valence-corrected chi connectivity index (χ2v) is 4.69. The molecule has 0 aromatic heterocycles. The molecule has 0 amide bonds. The Morgan fingerprint density at radius 2 is 2.26 bits per heavy atom. The van der Waals surface area contributed by atoms with Gasteiger partial charge in [0.1, 0.15) is 17.7 Å². The molecular weight excluding hydrogens is 243 g/mol. The Bertz CT molecular complexity index is 480. The fraction of sp³-hybridized carbons (Fsp3) is 0.375. The van der Waals surface area contributed by atoms with Crippen LogP contribution in [0.25, 0.3) is 6.08 Å². The molecule has 0 spiro atoms. The Kier molecular flexibility index (Phi) is 4.74. The molecule has 1 aromatic carbocycles. The van der Waals surface area contributed by atoms with Gasteiger partial charge in [-0.25, -0.2) is 4.39 Å². The predicted octanol–water partition coefficient (Wildman–Crippen LogP) is 3.71. The summed E-state index contributed by atoms with van der Waals surface area (Å²) in [5.74, 6) is 0.299. The van der Waals surface area contributed by atoms with Crippen molar-refractivity contribution in [3.8, 4) is 5.75 Å². The quantitative estimate of drug-likeness (QED) is 0.841. The largest absolute Gasteiger partial charge is 0.483 e. The number of rotatable bonds is 3. The lowest BCUT2D eigenvalue weighted by molar-refractivity contribution is 0.0588. The maximum Gasteiger partial charge on any atom is 0.143 e. The zero-order valence-corrected chi connectivity index (χ0v) is 11.1. The van der Waals surface area contributed by atoms with Gasteiger partial charge in [0.25, 0.3) is 0 Å².